The van der Waals surface area contributed by atoms with Gasteiger partial charge in [-0.05, 0) is 48.1 Å². The van der Waals surface area contributed by atoms with E-state index in [1.165, 1.54) is 0 Å². The lowest BCUT2D eigenvalue weighted by atomic mass is 10.1. The predicted octanol–water partition coefficient (Wildman–Crippen LogP) is 3.47. The van der Waals surface area contributed by atoms with Crippen molar-refractivity contribution in [1.29, 1.82) is 0 Å². The number of aryl methyl sites for hydroxylation is 1. The topological polar surface area (TPSA) is 62.0 Å². The van der Waals surface area contributed by atoms with Crippen LogP contribution in [0.15, 0.2) is 59.4 Å². The lowest BCUT2D eigenvalue weighted by molar-refractivity contribution is -0.121. The van der Waals surface area contributed by atoms with Gasteiger partial charge in [0.1, 0.15) is 0 Å². The van der Waals surface area contributed by atoms with E-state index in [-0.39, 0.29) is 11.5 Å². The second-order valence-corrected chi connectivity index (χ2v) is 6.38. The maximum absolute atomic E-state index is 12.1. The molecule has 0 fully saturated rings. The first-order chi connectivity index (χ1) is 12.1. The van der Waals surface area contributed by atoms with Crippen molar-refractivity contribution in [3.05, 3.63) is 81.1 Å². The van der Waals surface area contributed by atoms with Crippen LogP contribution in [-0.2, 0) is 17.6 Å². The average molecular weight is 355 g/mol. The maximum Gasteiger partial charge on any atom is 0.251 e. The lowest BCUT2D eigenvalue weighted by Gasteiger charge is -2.06. The number of pyridine rings is 1. The van der Waals surface area contributed by atoms with E-state index in [9.17, 15) is 9.59 Å². The lowest BCUT2D eigenvalue weighted by Crippen LogP contribution is -2.27. The Hall–Kier alpha value is -2.59. The molecule has 0 aliphatic carbocycles. The van der Waals surface area contributed by atoms with Gasteiger partial charge in [-0.3, -0.25) is 9.59 Å². The van der Waals surface area contributed by atoms with Crippen LogP contribution in [0.5, 0.6) is 0 Å². The molecule has 2 aromatic carbocycles. The molecule has 0 aliphatic rings. The fourth-order valence-electron chi connectivity index (χ4n) is 2.75. The summed E-state index contributed by atoms with van der Waals surface area (Å²) in [4.78, 5) is 26.9. The Morgan fingerprint density at radius 3 is 2.72 bits per heavy atom. The van der Waals surface area contributed by atoms with Gasteiger partial charge in [0.2, 0.25) is 5.91 Å². The molecule has 0 spiro atoms. The second kappa shape index (κ2) is 7.99. The Bertz CT molecular complexity index is 950. The van der Waals surface area contributed by atoms with Gasteiger partial charge < -0.3 is 10.3 Å². The van der Waals surface area contributed by atoms with Crippen molar-refractivity contribution < 1.29 is 4.79 Å². The molecule has 4 nitrogen and oxygen atoms in total. The van der Waals surface area contributed by atoms with Crippen molar-refractivity contribution in [2.24, 2.45) is 0 Å². The molecule has 0 unspecified atom stereocenters. The summed E-state index contributed by atoms with van der Waals surface area (Å²) in [7, 11) is 0. The van der Waals surface area contributed by atoms with Crippen LogP contribution in [0.2, 0.25) is 5.02 Å². The van der Waals surface area contributed by atoms with Gasteiger partial charge in [0, 0.05) is 29.1 Å². The van der Waals surface area contributed by atoms with Gasteiger partial charge in [-0.1, -0.05) is 41.9 Å². The molecule has 128 valence electrons. The molecule has 3 aromatic rings. The minimum atomic E-state index is -0.105. The van der Waals surface area contributed by atoms with E-state index in [0.717, 1.165) is 16.5 Å². The number of benzene rings is 2. The Morgan fingerprint density at radius 1 is 1.04 bits per heavy atom. The van der Waals surface area contributed by atoms with Crippen LogP contribution >= 0.6 is 11.6 Å². The van der Waals surface area contributed by atoms with Crippen LogP contribution in [-0.4, -0.2) is 17.4 Å². The highest BCUT2D eigenvalue weighted by molar-refractivity contribution is 6.30. The molecule has 0 atom stereocenters. The molecule has 0 aliphatic heterocycles. The second-order valence-electron chi connectivity index (χ2n) is 5.94. The minimum Gasteiger partial charge on any atom is -0.356 e. The first-order valence-corrected chi connectivity index (χ1v) is 8.62. The first-order valence-electron chi connectivity index (χ1n) is 8.24. The molecule has 5 heteroatoms. The number of H-pyrrole nitrogens is 1. The summed E-state index contributed by atoms with van der Waals surface area (Å²) >= 11 is 5.93. The fraction of sp³-hybridized carbons (Fsp3) is 0.200. The van der Waals surface area contributed by atoms with Gasteiger partial charge in [-0.2, -0.15) is 0 Å². The van der Waals surface area contributed by atoms with E-state index < -0.39 is 0 Å². The summed E-state index contributed by atoms with van der Waals surface area (Å²) in [5.74, 6) is -0.0304. The molecular weight excluding hydrogens is 336 g/mol. The van der Waals surface area contributed by atoms with E-state index in [4.69, 9.17) is 11.6 Å². The van der Waals surface area contributed by atoms with E-state index in [1.807, 2.05) is 54.6 Å². The van der Waals surface area contributed by atoms with Gasteiger partial charge in [0.25, 0.3) is 5.56 Å². The molecule has 3 rings (SSSR count). The SMILES string of the molecule is O=C(CCc1cccc(Cl)c1)NCCc1cc2ccccc2[nH]c1=O. The zero-order chi connectivity index (χ0) is 17.6. The predicted molar refractivity (Wildman–Crippen MR) is 101 cm³/mol. The van der Waals surface area contributed by atoms with Crippen LogP contribution in [0.3, 0.4) is 0 Å². The van der Waals surface area contributed by atoms with Crippen molar-refractivity contribution in [1.82, 2.24) is 10.3 Å². The highest BCUT2D eigenvalue weighted by Gasteiger charge is 2.05. The van der Waals surface area contributed by atoms with E-state index in [2.05, 4.69) is 10.3 Å². The molecule has 1 amide bonds. The van der Waals surface area contributed by atoms with Crippen LogP contribution in [0.1, 0.15) is 17.5 Å². The van der Waals surface area contributed by atoms with Crippen LogP contribution < -0.4 is 10.9 Å². The molecule has 0 radical (unpaired) electrons. The zero-order valence-corrected chi connectivity index (χ0v) is 14.5. The number of amides is 1. The first kappa shape index (κ1) is 17.2. The van der Waals surface area contributed by atoms with Crippen molar-refractivity contribution in [2.45, 2.75) is 19.3 Å². The van der Waals surface area contributed by atoms with Crippen LogP contribution in [0, 0.1) is 0 Å². The normalized spacial score (nSPS) is 10.8. The highest BCUT2D eigenvalue weighted by atomic mass is 35.5. The van der Waals surface area contributed by atoms with Gasteiger partial charge in [-0.15, -0.1) is 0 Å². The molecule has 0 saturated carbocycles. The number of aromatic amines is 1. The molecule has 25 heavy (non-hydrogen) atoms. The Morgan fingerprint density at radius 2 is 1.88 bits per heavy atom. The maximum atomic E-state index is 12.1. The number of nitrogens with one attached hydrogen (secondary N) is 2. The van der Waals surface area contributed by atoms with Crippen LogP contribution in [0.4, 0.5) is 0 Å². The van der Waals surface area contributed by atoms with E-state index in [1.54, 1.807) is 0 Å². The number of hydrogen-bond donors (Lipinski definition) is 2. The van der Waals surface area contributed by atoms with Gasteiger partial charge in [0.15, 0.2) is 0 Å². The third-order valence-electron chi connectivity index (χ3n) is 4.08. The number of aromatic nitrogens is 1. The number of para-hydroxylation sites is 1. The highest BCUT2D eigenvalue weighted by Crippen LogP contribution is 2.12. The largest absolute Gasteiger partial charge is 0.356 e. The van der Waals surface area contributed by atoms with Crippen LogP contribution in [0.25, 0.3) is 10.9 Å². The zero-order valence-electron chi connectivity index (χ0n) is 13.7. The van der Waals surface area contributed by atoms with Crippen molar-refractivity contribution in [3.63, 3.8) is 0 Å². The molecule has 2 N–H and O–H groups in total. The number of carbonyl (C=O) groups is 1. The number of rotatable bonds is 6. The Labute approximate surface area is 150 Å². The number of carbonyl (C=O) groups excluding carboxylic acids is 1. The smallest absolute Gasteiger partial charge is 0.251 e. The summed E-state index contributed by atoms with van der Waals surface area (Å²) in [5.41, 5.74) is 2.43. The summed E-state index contributed by atoms with van der Waals surface area (Å²) in [6.45, 7) is 0.440. The summed E-state index contributed by atoms with van der Waals surface area (Å²) in [5, 5.41) is 4.53. The van der Waals surface area contributed by atoms with E-state index in [0.29, 0.717) is 36.4 Å². The molecule has 1 heterocycles. The number of hydrogen-bond acceptors (Lipinski definition) is 2. The summed E-state index contributed by atoms with van der Waals surface area (Å²) in [6.07, 6.45) is 1.54. The Balaban J connectivity index is 1.51. The molecule has 0 bridgehead atoms. The third kappa shape index (κ3) is 4.70. The Kier molecular flexibility index (Phi) is 5.51. The minimum absolute atomic E-state index is 0.0304. The van der Waals surface area contributed by atoms with Gasteiger partial charge in [-0.25, -0.2) is 0 Å². The molecular formula is C20H19ClN2O2. The molecule has 0 saturated heterocycles. The average Bonchev–Trinajstić information content (AvgIpc) is 2.60. The monoisotopic (exact) mass is 354 g/mol. The van der Waals surface area contributed by atoms with Gasteiger partial charge >= 0.3 is 0 Å². The number of halogens is 1. The van der Waals surface area contributed by atoms with Gasteiger partial charge in [0.05, 0.1) is 0 Å². The van der Waals surface area contributed by atoms with Crippen molar-refractivity contribution in [3.8, 4) is 0 Å². The summed E-state index contributed by atoms with van der Waals surface area (Å²) < 4.78 is 0. The van der Waals surface area contributed by atoms with Crippen molar-refractivity contribution in [2.75, 3.05) is 6.54 Å². The fourth-order valence-corrected chi connectivity index (χ4v) is 2.97. The molecule has 1 aromatic heterocycles. The van der Waals surface area contributed by atoms with Crippen molar-refractivity contribution >= 4 is 28.4 Å². The third-order valence-corrected chi connectivity index (χ3v) is 4.31. The number of fused-ring (bicyclic) bond motifs is 1. The van der Waals surface area contributed by atoms with E-state index >= 15 is 0 Å². The standard InChI is InChI=1S/C20H19ClN2O2/c21-17-6-3-4-14(12-17)8-9-19(24)22-11-10-16-13-15-5-1-2-7-18(15)23-20(16)25/h1-7,12-13H,8-11H2,(H,22,24)(H,23,25). The quantitative estimate of drug-likeness (QED) is 0.712. The summed E-state index contributed by atoms with van der Waals surface area (Å²) in [6, 6.07) is 17.0.